The number of benzene rings is 3. The lowest BCUT2D eigenvalue weighted by atomic mass is 10.0. The SMILES string of the molecule is N#Cc1ccc([C@@H]2Nc3ccccc3C(=O)N2c2nc3ccccc3[nH]2)cc1. The highest BCUT2D eigenvalue weighted by molar-refractivity contribution is 6.11. The Labute approximate surface area is 161 Å². The normalized spacial score (nSPS) is 15.8. The first-order valence-electron chi connectivity index (χ1n) is 8.88. The zero-order valence-electron chi connectivity index (χ0n) is 14.8. The van der Waals surface area contributed by atoms with E-state index >= 15 is 0 Å². The predicted octanol–water partition coefficient (Wildman–Crippen LogP) is 4.21. The number of carbonyl (C=O) groups excluding carboxylic acids is 1. The van der Waals surface area contributed by atoms with E-state index in [0.717, 1.165) is 22.3 Å². The Bertz CT molecular complexity index is 1200. The Hall–Kier alpha value is -4.11. The van der Waals surface area contributed by atoms with Gasteiger partial charge in [0.25, 0.3) is 5.91 Å². The van der Waals surface area contributed by atoms with Crippen molar-refractivity contribution in [2.24, 2.45) is 0 Å². The van der Waals surface area contributed by atoms with Crippen LogP contribution in [0.2, 0.25) is 0 Å². The van der Waals surface area contributed by atoms with E-state index in [4.69, 9.17) is 5.26 Å². The molecule has 1 aromatic heterocycles. The van der Waals surface area contributed by atoms with E-state index in [0.29, 0.717) is 17.1 Å². The number of rotatable bonds is 2. The zero-order valence-corrected chi connectivity index (χ0v) is 14.8. The third-order valence-electron chi connectivity index (χ3n) is 4.89. The van der Waals surface area contributed by atoms with E-state index in [1.165, 1.54) is 0 Å². The van der Waals surface area contributed by atoms with E-state index in [1.807, 2.05) is 54.6 Å². The van der Waals surface area contributed by atoms with Gasteiger partial charge in [-0.15, -0.1) is 0 Å². The smallest absolute Gasteiger partial charge is 0.264 e. The summed E-state index contributed by atoms with van der Waals surface area (Å²) in [4.78, 5) is 22.9. The molecular weight excluding hydrogens is 350 g/mol. The molecule has 5 rings (SSSR count). The van der Waals surface area contributed by atoms with Crippen molar-refractivity contribution < 1.29 is 4.79 Å². The molecule has 0 bridgehead atoms. The summed E-state index contributed by atoms with van der Waals surface area (Å²) in [6, 6.07) is 24.4. The highest BCUT2D eigenvalue weighted by Gasteiger charge is 2.35. The largest absolute Gasteiger partial charge is 0.360 e. The first kappa shape index (κ1) is 16.1. The number of fused-ring (bicyclic) bond motifs is 2. The molecule has 6 heteroatoms. The Morgan fingerprint density at radius 3 is 2.50 bits per heavy atom. The molecule has 0 spiro atoms. The van der Waals surface area contributed by atoms with Crippen LogP contribution in [0.3, 0.4) is 0 Å². The highest BCUT2D eigenvalue weighted by atomic mass is 16.2. The molecule has 134 valence electrons. The van der Waals surface area contributed by atoms with Crippen LogP contribution in [-0.2, 0) is 0 Å². The summed E-state index contributed by atoms with van der Waals surface area (Å²) in [5.41, 5.74) is 4.46. The molecule has 2 heterocycles. The lowest BCUT2D eigenvalue weighted by Crippen LogP contribution is -2.43. The fraction of sp³-hybridized carbons (Fsp3) is 0.0455. The van der Waals surface area contributed by atoms with E-state index in [2.05, 4.69) is 21.4 Å². The Morgan fingerprint density at radius 1 is 0.964 bits per heavy atom. The van der Waals surface area contributed by atoms with Crippen molar-refractivity contribution in [3.63, 3.8) is 0 Å². The van der Waals surface area contributed by atoms with E-state index in [9.17, 15) is 4.79 Å². The quantitative estimate of drug-likeness (QED) is 0.557. The number of hydrogen-bond donors (Lipinski definition) is 2. The molecule has 0 unspecified atom stereocenters. The molecule has 0 radical (unpaired) electrons. The van der Waals surface area contributed by atoms with Crippen molar-refractivity contribution in [3.8, 4) is 6.07 Å². The van der Waals surface area contributed by atoms with Crippen LogP contribution in [-0.4, -0.2) is 15.9 Å². The van der Waals surface area contributed by atoms with E-state index in [-0.39, 0.29) is 5.91 Å². The number of imidazole rings is 1. The van der Waals surface area contributed by atoms with Crippen LogP contribution in [0.5, 0.6) is 0 Å². The van der Waals surface area contributed by atoms with Crippen LogP contribution >= 0.6 is 0 Å². The summed E-state index contributed by atoms with van der Waals surface area (Å²) in [7, 11) is 0. The first-order valence-corrected chi connectivity index (χ1v) is 8.88. The molecular formula is C22H15N5O. The fourth-order valence-corrected chi connectivity index (χ4v) is 3.50. The average Bonchev–Trinajstić information content (AvgIpc) is 3.17. The number of H-pyrrole nitrogens is 1. The number of para-hydroxylation sites is 3. The van der Waals surface area contributed by atoms with Crippen LogP contribution in [0.4, 0.5) is 11.6 Å². The number of nitrogens with one attached hydrogen (secondary N) is 2. The van der Waals surface area contributed by atoms with Gasteiger partial charge in [0, 0.05) is 5.69 Å². The van der Waals surface area contributed by atoms with Crippen LogP contribution in [0.1, 0.15) is 27.7 Å². The van der Waals surface area contributed by atoms with Gasteiger partial charge in [-0.3, -0.25) is 9.69 Å². The number of nitriles is 1. The lowest BCUT2D eigenvalue weighted by Gasteiger charge is -2.36. The van der Waals surface area contributed by atoms with Gasteiger partial charge in [-0.1, -0.05) is 36.4 Å². The molecule has 0 fully saturated rings. The van der Waals surface area contributed by atoms with Crippen molar-refractivity contribution in [3.05, 3.63) is 89.5 Å². The number of carbonyl (C=O) groups is 1. The molecule has 28 heavy (non-hydrogen) atoms. The number of amides is 1. The first-order chi connectivity index (χ1) is 13.7. The van der Waals surface area contributed by atoms with Crippen LogP contribution in [0.25, 0.3) is 11.0 Å². The Morgan fingerprint density at radius 2 is 1.71 bits per heavy atom. The molecule has 3 aromatic carbocycles. The molecule has 2 N–H and O–H groups in total. The maximum absolute atomic E-state index is 13.4. The molecule has 0 saturated heterocycles. The highest BCUT2D eigenvalue weighted by Crippen LogP contribution is 2.36. The second-order valence-corrected chi connectivity index (χ2v) is 6.58. The minimum absolute atomic E-state index is 0.136. The van der Waals surface area contributed by atoms with Crippen molar-refractivity contribution in [1.82, 2.24) is 9.97 Å². The summed E-state index contributed by atoms with van der Waals surface area (Å²) in [6.07, 6.45) is -0.448. The van der Waals surface area contributed by atoms with Gasteiger partial charge in [0.15, 0.2) is 0 Å². The minimum Gasteiger partial charge on any atom is -0.360 e. The topological polar surface area (TPSA) is 84.8 Å². The minimum atomic E-state index is -0.448. The fourth-order valence-electron chi connectivity index (χ4n) is 3.50. The van der Waals surface area contributed by atoms with Gasteiger partial charge in [-0.25, -0.2) is 4.98 Å². The number of hydrogen-bond acceptors (Lipinski definition) is 4. The van der Waals surface area contributed by atoms with Crippen LogP contribution in [0.15, 0.2) is 72.8 Å². The maximum Gasteiger partial charge on any atom is 0.264 e. The standard InChI is InChI=1S/C22H15N5O/c23-13-14-9-11-15(12-10-14)20-24-17-6-2-1-5-16(17)21(28)27(20)22-25-18-7-3-4-8-19(18)26-22/h1-12,20,24H,(H,25,26)/t20-/m1/s1. The maximum atomic E-state index is 13.4. The van der Waals surface area contributed by atoms with Crippen molar-refractivity contribution in [2.45, 2.75) is 6.17 Å². The molecule has 1 amide bonds. The third-order valence-corrected chi connectivity index (χ3v) is 4.89. The van der Waals surface area contributed by atoms with Crippen molar-refractivity contribution >= 4 is 28.6 Å². The third kappa shape index (κ3) is 2.49. The van der Waals surface area contributed by atoms with Crippen molar-refractivity contribution in [2.75, 3.05) is 10.2 Å². The molecule has 1 atom stereocenters. The summed E-state index contributed by atoms with van der Waals surface area (Å²) < 4.78 is 0. The van der Waals surface area contributed by atoms with Gasteiger partial charge in [-0.2, -0.15) is 5.26 Å². The molecule has 1 aliphatic rings. The summed E-state index contributed by atoms with van der Waals surface area (Å²) in [5, 5.41) is 12.5. The van der Waals surface area contributed by atoms with Gasteiger partial charge in [0.05, 0.1) is 28.2 Å². The lowest BCUT2D eigenvalue weighted by molar-refractivity contribution is 0.0973. The number of aromatic amines is 1. The van der Waals surface area contributed by atoms with Crippen LogP contribution in [0, 0.1) is 11.3 Å². The Balaban J connectivity index is 1.67. The number of anilines is 2. The van der Waals surface area contributed by atoms with Crippen LogP contribution < -0.4 is 10.2 Å². The van der Waals surface area contributed by atoms with Gasteiger partial charge < -0.3 is 10.3 Å². The molecule has 4 aromatic rings. The summed E-state index contributed by atoms with van der Waals surface area (Å²) in [6.45, 7) is 0. The molecule has 0 aliphatic carbocycles. The van der Waals surface area contributed by atoms with Gasteiger partial charge in [0.1, 0.15) is 6.17 Å². The summed E-state index contributed by atoms with van der Waals surface area (Å²) in [5.74, 6) is 0.338. The number of aromatic nitrogens is 2. The monoisotopic (exact) mass is 365 g/mol. The molecule has 0 saturated carbocycles. The molecule has 6 nitrogen and oxygen atoms in total. The van der Waals surface area contributed by atoms with Gasteiger partial charge >= 0.3 is 0 Å². The second-order valence-electron chi connectivity index (χ2n) is 6.58. The molecule has 1 aliphatic heterocycles. The van der Waals surface area contributed by atoms with Gasteiger partial charge in [-0.05, 0) is 42.0 Å². The van der Waals surface area contributed by atoms with E-state index < -0.39 is 6.17 Å². The number of nitrogens with zero attached hydrogens (tertiary/aromatic N) is 3. The second kappa shape index (κ2) is 6.25. The Kier molecular flexibility index (Phi) is 3.59. The average molecular weight is 365 g/mol. The zero-order chi connectivity index (χ0) is 19.1. The van der Waals surface area contributed by atoms with Crippen molar-refractivity contribution in [1.29, 1.82) is 5.26 Å². The summed E-state index contributed by atoms with van der Waals surface area (Å²) >= 11 is 0. The van der Waals surface area contributed by atoms with Gasteiger partial charge in [0.2, 0.25) is 5.95 Å². The van der Waals surface area contributed by atoms with E-state index in [1.54, 1.807) is 23.1 Å². The predicted molar refractivity (Wildman–Crippen MR) is 107 cm³/mol.